The highest BCUT2D eigenvalue weighted by Gasteiger charge is 2.44. The first kappa shape index (κ1) is 27.0. The Hall–Kier alpha value is -2.00. The molecule has 1 amide bonds. The number of sulfonamides is 2. The van der Waals surface area contributed by atoms with Gasteiger partial charge in [-0.05, 0) is 50.8 Å². The number of carbonyl (C=O) groups is 1. The summed E-state index contributed by atoms with van der Waals surface area (Å²) in [6.45, 7) is 2.38. The van der Waals surface area contributed by atoms with Crippen LogP contribution in [0.1, 0.15) is 42.5 Å². The van der Waals surface area contributed by atoms with Gasteiger partial charge in [0, 0.05) is 24.5 Å². The number of halogens is 3. The number of thiophene rings is 1. The van der Waals surface area contributed by atoms with Gasteiger partial charge in [0.1, 0.15) is 10.3 Å². The van der Waals surface area contributed by atoms with Crippen LogP contribution in [0.3, 0.4) is 0 Å². The van der Waals surface area contributed by atoms with E-state index in [-0.39, 0.29) is 22.9 Å². The number of nitrogens with zero attached hydrogens (tertiary/aromatic N) is 2. The van der Waals surface area contributed by atoms with E-state index in [9.17, 15) is 34.8 Å². The maximum absolute atomic E-state index is 13.5. The smallest absolute Gasteiger partial charge is 0.324 e. The second-order valence-electron chi connectivity index (χ2n) is 8.76. The number of nitrogens with one attached hydrogen (secondary N) is 1. The molecule has 0 unspecified atom stereocenters. The van der Waals surface area contributed by atoms with Gasteiger partial charge >= 0.3 is 6.18 Å². The molecule has 4 rings (SSSR count). The Morgan fingerprint density at radius 2 is 1.67 bits per heavy atom. The van der Waals surface area contributed by atoms with Gasteiger partial charge in [-0.25, -0.2) is 16.8 Å². The highest BCUT2D eigenvalue weighted by atomic mass is 32.2. The van der Waals surface area contributed by atoms with Gasteiger partial charge in [0.05, 0.1) is 16.1 Å². The minimum Gasteiger partial charge on any atom is -0.324 e. The number of hydrogen-bond acceptors (Lipinski definition) is 6. The largest absolute Gasteiger partial charge is 0.417 e. The average molecular weight is 566 g/mol. The van der Waals surface area contributed by atoms with Gasteiger partial charge in [-0.3, -0.25) is 4.79 Å². The second-order valence-corrected chi connectivity index (χ2v) is 14.0. The number of aryl methyl sites for hydroxylation is 1. The average Bonchev–Trinajstić information content (AvgIpc) is 3.47. The van der Waals surface area contributed by atoms with Gasteiger partial charge in [0.25, 0.3) is 10.0 Å². The normalized spacial score (nSPS) is 20.5. The molecule has 1 aromatic heterocycles. The Balaban J connectivity index is 1.57. The topological polar surface area (TPSA) is 104 Å². The number of alkyl halides is 3. The third kappa shape index (κ3) is 5.19. The fraction of sp³-hybridized carbons (Fsp3) is 0.500. The Morgan fingerprint density at radius 3 is 2.33 bits per heavy atom. The third-order valence-electron chi connectivity index (χ3n) is 6.35. The number of piperidine rings is 1. The van der Waals surface area contributed by atoms with Crippen molar-refractivity contribution >= 4 is 43.0 Å². The van der Waals surface area contributed by atoms with Crippen LogP contribution in [0, 0.1) is 6.92 Å². The Bertz CT molecular complexity index is 1350. The van der Waals surface area contributed by atoms with Crippen molar-refractivity contribution in [3.8, 4) is 0 Å². The van der Waals surface area contributed by atoms with Crippen LogP contribution in [0.4, 0.5) is 18.9 Å². The van der Waals surface area contributed by atoms with E-state index in [1.807, 2.05) is 0 Å². The molecule has 0 radical (unpaired) electrons. The zero-order chi connectivity index (χ0) is 26.3. The van der Waals surface area contributed by atoms with Crippen LogP contribution in [0.15, 0.2) is 39.4 Å². The molecule has 8 nitrogen and oxygen atoms in total. The lowest BCUT2D eigenvalue weighted by Crippen LogP contribution is -2.43. The highest BCUT2D eigenvalue weighted by molar-refractivity contribution is 7.91. The molecule has 2 aliphatic heterocycles. The summed E-state index contributed by atoms with van der Waals surface area (Å²) in [5.41, 5.74) is -1.06. The zero-order valence-corrected chi connectivity index (χ0v) is 21.9. The van der Waals surface area contributed by atoms with E-state index in [1.165, 1.54) is 16.4 Å². The summed E-state index contributed by atoms with van der Waals surface area (Å²) < 4.78 is 95.1. The molecule has 2 aromatic rings. The third-order valence-corrected chi connectivity index (χ3v) is 11.7. The van der Waals surface area contributed by atoms with Crippen LogP contribution in [-0.2, 0) is 31.0 Å². The molecule has 2 fully saturated rings. The predicted molar refractivity (Wildman–Crippen MR) is 129 cm³/mol. The molecule has 1 aromatic carbocycles. The summed E-state index contributed by atoms with van der Waals surface area (Å²) >= 11 is 1.01. The molecule has 198 valence electrons. The lowest BCUT2D eigenvalue weighted by atomic mass is 10.2. The van der Waals surface area contributed by atoms with Crippen molar-refractivity contribution in [3.63, 3.8) is 0 Å². The van der Waals surface area contributed by atoms with E-state index in [2.05, 4.69) is 5.32 Å². The van der Waals surface area contributed by atoms with Crippen LogP contribution in [0.2, 0.25) is 0 Å². The van der Waals surface area contributed by atoms with Gasteiger partial charge in [0.15, 0.2) is 0 Å². The maximum Gasteiger partial charge on any atom is 0.417 e. The molecule has 0 spiro atoms. The van der Waals surface area contributed by atoms with Crippen LogP contribution in [0.25, 0.3) is 0 Å². The van der Waals surface area contributed by atoms with Crippen molar-refractivity contribution in [2.75, 3.05) is 25.0 Å². The lowest BCUT2D eigenvalue weighted by Gasteiger charge is -2.25. The summed E-state index contributed by atoms with van der Waals surface area (Å²) in [5, 5.41) is 2.61. The van der Waals surface area contributed by atoms with E-state index >= 15 is 0 Å². The SMILES string of the molecule is Cc1sc(S(=O)(=O)N2CCCCC2)cc1NC(=O)[C@@H]1CCCN1S(=O)(=O)c1ccccc1C(F)(F)F. The Kier molecular flexibility index (Phi) is 7.55. The fourth-order valence-electron chi connectivity index (χ4n) is 4.50. The zero-order valence-electron chi connectivity index (χ0n) is 19.4. The van der Waals surface area contributed by atoms with Crippen molar-refractivity contribution < 1.29 is 34.8 Å². The number of hydrogen-bond donors (Lipinski definition) is 1. The second kappa shape index (κ2) is 10.0. The summed E-state index contributed by atoms with van der Waals surface area (Å²) in [5.74, 6) is -0.719. The van der Waals surface area contributed by atoms with Crippen molar-refractivity contribution in [3.05, 3.63) is 40.8 Å². The predicted octanol–water partition coefficient (Wildman–Crippen LogP) is 4.04. The van der Waals surface area contributed by atoms with E-state index in [1.54, 1.807) is 6.92 Å². The van der Waals surface area contributed by atoms with Gasteiger partial charge < -0.3 is 5.32 Å². The van der Waals surface area contributed by atoms with E-state index in [0.29, 0.717) is 30.5 Å². The monoisotopic (exact) mass is 565 g/mol. The summed E-state index contributed by atoms with van der Waals surface area (Å²) in [6.07, 6.45) is -1.95. The molecular formula is C22H26F3N3O5S3. The molecule has 2 saturated heterocycles. The molecule has 0 saturated carbocycles. The number of anilines is 1. The quantitative estimate of drug-likeness (QED) is 0.570. The lowest BCUT2D eigenvalue weighted by molar-refractivity contribution is -0.139. The molecule has 0 aliphatic carbocycles. The van der Waals surface area contributed by atoms with Crippen molar-refractivity contribution in [2.24, 2.45) is 0 Å². The molecule has 14 heteroatoms. The first-order valence-electron chi connectivity index (χ1n) is 11.4. The summed E-state index contributed by atoms with van der Waals surface area (Å²) in [4.78, 5) is 12.7. The highest BCUT2D eigenvalue weighted by Crippen LogP contribution is 2.38. The minimum absolute atomic E-state index is 0.0761. The maximum atomic E-state index is 13.5. The number of benzene rings is 1. The van der Waals surface area contributed by atoms with E-state index < -0.39 is 48.6 Å². The van der Waals surface area contributed by atoms with Crippen LogP contribution >= 0.6 is 11.3 Å². The molecular weight excluding hydrogens is 539 g/mol. The van der Waals surface area contributed by atoms with Crippen LogP contribution in [0.5, 0.6) is 0 Å². The Morgan fingerprint density at radius 1 is 1.00 bits per heavy atom. The van der Waals surface area contributed by atoms with Crippen molar-refractivity contribution in [1.82, 2.24) is 8.61 Å². The molecule has 1 N–H and O–H groups in total. The first-order valence-corrected chi connectivity index (χ1v) is 15.1. The van der Waals surface area contributed by atoms with Crippen molar-refractivity contribution in [2.45, 2.75) is 60.4 Å². The minimum atomic E-state index is -4.88. The van der Waals surface area contributed by atoms with Gasteiger partial charge in [-0.1, -0.05) is 18.6 Å². The summed E-state index contributed by atoms with van der Waals surface area (Å²) in [7, 11) is -8.35. The standard InChI is InChI=1S/C22H26F3N3O5S3/c1-15-17(14-20(34-15)36(32,33)27-11-5-2-6-12-27)26-21(29)18-9-7-13-28(18)35(30,31)19-10-4-3-8-16(19)22(23,24)25/h3-4,8,10,14,18H,2,5-7,9,11-13H2,1H3,(H,26,29)/t18-/m0/s1. The van der Waals surface area contributed by atoms with Gasteiger partial charge in [-0.15, -0.1) is 11.3 Å². The molecule has 0 bridgehead atoms. The molecule has 1 atom stereocenters. The van der Waals surface area contributed by atoms with Gasteiger partial charge in [-0.2, -0.15) is 21.8 Å². The van der Waals surface area contributed by atoms with Crippen LogP contribution in [-0.4, -0.2) is 57.0 Å². The fourth-order valence-corrected chi connectivity index (χ4v) is 9.44. The van der Waals surface area contributed by atoms with Crippen LogP contribution < -0.4 is 5.32 Å². The number of rotatable bonds is 6. The molecule has 36 heavy (non-hydrogen) atoms. The van der Waals surface area contributed by atoms with E-state index in [0.717, 1.165) is 47.0 Å². The number of amides is 1. The van der Waals surface area contributed by atoms with Gasteiger partial charge in [0.2, 0.25) is 15.9 Å². The van der Waals surface area contributed by atoms with Crippen molar-refractivity contribution in [1.29, 1.82) is 0 Å². The van der Waals surface area contributed by atoms with E-state index in [4.69, 9.17) is 0 Å². The molecule has 3 heterocycles. The molecule has 2 aliphatic rings. The number of carbonyl (C=O) groups excluding carboxylic acids is 1. The first-order chi connectivity index (χ1) is 16.8. The Labute approximate surface area is 212 Å². The summed E-state index contributed by atoms with van der Waals surface area (Å²) in [6, 6.07) is 4.01.